The van der Waals surface area contributed by atoms with Crippen LogP contribution in [-0.2, 0) is 13.1 Å². The van der Waals surface area contributed by atoms with Crippen molar-refractivity contribution < 1.29 is 0 Å². The highest BCUT2D eigenvalue weighted by atomic mass is 15.1. The molecule has 1 atom stereocenters. The van der Waals surface area contributed by atoms with Crippen molar-refractivity contribution in [2.75, 3.05) is 6.54 Å². The average molecular weight is 249 g/mol. The van der Waals surface area contributed by atoms with Crippen LogP contribution in [0.5, 0.6) is 0 Å². The van der Waals surface area contributed by atoms with Gasteiger partial charge in [-0.3, -0.25) is 9.88 Å². The number of pyridine rings is 1. The molecule has 0 spiro atoms. The molecule has 1 rings (SSSR count). The molecule has 102 valence electrons. The lowest BCUT2D eigenvalue weighted by Crippen LogP contribution is -2.33. The number of hydrogen-bond donors (Lipinski definition) is 1. The quantitative estimate of drug-likeness (QED) is 0.770. The van der Waals surface area contributed by atoms with E-state index < -0.39 is 0 Å². The van der Waals surface area contributed by atoms with E-state index in [0.717, 1.165) is 18.8 Å². The van der Waals surface area contributed by atoms with Crippen molar-refractivity contribution in [2.45, 2.75) is 59.2 Å². The summed E-state index contributed by atoms with van der Waals surface area (Å²) in [4.78, 5) is 6.91. The predicted octanol–water partition coefficient (Wildman–Crippen LogP) is 2.94. The van der Waals surface area contributed by atoms with Gasteiger partial charge >= 0.3 is 0 Å². The van der Waals surface area contributed by atoms with Gasteiger partial charge in [-0.15, -0.1) is 0 Å². The molecule has 3 nitrogen and oxygen atoms in total. The minimum absolute atomic E-state index is 0.526. The molecule has 1 unspecified atom stereocenters. The van der Waals surface area contributed by atoms with Crippen molar-refractivity contribution in [3.63, 3.8) is 0 Å². The number of nitrogens with two attached hydrogens (primary N) is 1. The molecule has 0 aliphatic heterocycles. The van der Waals surface area contributed by atoms with Gasteiger partial charge in [-0.05, 0) is 37.9 Å². The van der Waals surface area contributed by atoms with Crippen molar-refractivity contribution in [3.8, 4) is 0 Å². The van der Waals surface area contributed by atoms with Crippen molar-refractivity contribution >= 4 is 0 Å². The monoisotopic (exact) mass is 249 g/mol. The second-order valence-corrected chi connectivity index (χ2v) is 4.89. The summed E-state index contributed by atoms with van der Waals surface area (Å²) in [6.07, 6.45) is 5.50. The van der Waals surface area contributed by atoms with Crippen molar-refractivity contribution in [2.24, 2.45) is 5.73 Å². The first-order valence-corrected chi connectivity index (χ1v) is 7.09. The molecule has 0 aliphatic rings. The second kappa shape index (κ2) is 8.22. The third-order valence-electron chi connectivity index (χ3n) is 3.56. The molecule has 0 saturated carbocycles. The summed E-state index contributed by atoms with van der Waals surface area (Å²) in [5.41, 5.74) is 8.06. The zero-order chi connectivity index (χ0) is 13.4. The molecule has 1 heterocycles. The molecule has 0 fully saturated rings. The molecule has 0 aromatic carbocycles. The Bertz CT molecular complexity index is 338. The summed E-state index contributed by atoms with van der Waals surface area (Å²) in [7, 11) is 0. The molecule has 18 heavy (non-hydrogen) atoms. The minimum atomic E-state index is 0.526. The summed E-state index contributed by atoms with van der Waals surface area (Å²) in [6.45, 7) is 9.44. The maximum absolute atomic E-state index is 5.75. The van der Waals surface area contributed by atoms with E-state index in [1.165, 1.54) is 24.8 Å². The van der Waals surface area contributed by atoms with Gasteiger partial charge in [-0.2, -0.15) is 0 Å². The fourth-order valence-electron chi connectivity index (χ4n) is 2.09. The zero-order valence-electron chi connectivity index (χ0n) is 12.0. The van der Waals surface area contributed by atoms with Crippen LogP contribution >= 0.6 is 0 Å². The molecule has 0 radical (unpaired) electrons. The number of rotatable bonds is 8. The predicted molar refractivity (Wildman–Crippen MR) is 77.2 cm³/mol. The molecule has 1 aromatic heterocycles. The summed E-state index contributed by atoms with van der Waals surface area (Å²) < 4.78 is 0. The van der Waals surface area contributed by atoms with Gasteiger partial charge in [0.05, 0.1) is 5.69 Å². The lowest BCUT2D eigenvalue weighted by Gasteiger charge is -2.29. The average Bonchev–Trinajstić information content (AvgIpc) is 2.42. The molecule has 0 saturated heterocycles. The van der Waals surface area contributed by atoms with Crippen LogP contribution in [0.4, 0.5) is 0 Å². The molecule has 1 aromatic rings. The van der Waals surface area contributed by atoms with Crippen LogP contribution in [0, 0.1) is 0 Å². The topological polar surface area (TPSA) is 42.2 Å². The van der Waals surface area contributed by atoms with Gasteiger partial charge in [0.1, 0.15) is 0 Å². The van der Waals surface area contributed by atoms with E-state index in [-0.39, 0.29) is 0 Å². The van der Waals surface area contributed by atoms with Crippen LogP contribution in [0.25, 0.3) is 0 Å². The van der Waals surface area contributed by atoms with Crippen molar-refractivity contribution in [1.29, 1.82) is 0 Å². The summed E-state index contributed by atoms with van der Waals surface area (Å²) in [5.74, 6) is 0. The molecule has 3 heteroatoms. The lowest BCUT2D eigenvalue weighted by molar-refractivity contribution is 0.191. The van der Waals surface area contributed by atoms with Gasteiger partial charge < -0.3 is 5.73 Å². The fourth-order valence-corrected chi connectivity index (χ4v) is 2.09. The normalized spacial score (nSPS) is 12.9. The van der Waals surface area contributed by atoms with E-state index in [1.807, 2.05) is 12.3 Å². The van der Waals surface area contributed by atoms with Gasteiger partial charge in [-0.1, -0.05) is 26.3 Å². The number of nitrogens with zero attached hydrogens (tertiary/aromatic N) is 2. The van der Waals surface area contributed by atoms with E-state index >= 15 is 0 Å². The molecule has 0 amide bonds. The summed E-state index contributed by atoms with van der Waals surface area (Å²) >= 11 is 0. The Hall–Kier alpha value is -0.930. The van der Waals surface area contributed by atoms with Crippen LogP contribution in [0.15, 0.2) is 18.3 Å². The molecular weight excluding hydrogens is 222 g/mol. The first-order valence-electron chi connectivity index (χ1n) is 7.09. The summed E-state index contributed by atoms with van der Waals surface area (Å²) in [6, 6.07) is 4.77. The molecule has 0 bridgehead atoms. The number of unbranched alkanes of at least 4 members (excludes halogenated alkanes) is 1. The highest BCUT2D eigenvalue weighted by molar-refractivity contribution is 5.19. The number of aromatic nitrogens is 1. The van der Waals surface area contributed by atoms with E-state index in [0.29, 0.717) is 12.6 Å². The Morgan fingerprint density at radius 1 is 1.39 bits per heavy atom. The second-order valence-electron chi connectivity index (χ2n) is 4.89. The lowest BCUT2D eigenvalue weighted by atomic mass is 10.1. The third kappa shape index (κ3) is 4.39. The number of hydrogen-bond acceptors (Lipinski definition) is 3. The Balaban J connectivity index is 2.74. The molecule has 0 aliphatic carbocycles. The van der Waals surface area contributed by atoms with Gasteiger partial charge in [-0.25, -0.2) is 0 Å². The smallest absolute Gasteiger partial charge is 0.0584 e. The largest absolute Gasteiger partial charge is 0.325 e. The van der Waals surface area contributed by atoms with Gasteiger partial charge in [0.15, 0.2) is 0 Å². The van der Waals surface area contributed by atoms with E-state index in [4.69, 9.17) is 5.73 Å². The highest BCUT2D eigenvalue weighted by Crippen LogP contribution is 2.14. The van der Waals surface area contributed by atoms with Crippen LogP contribution in [0.1, 0.15) is 51.3 Å². The maximum Gasteiger partial charge on any atom is 0.0584 e. The SMILES string of the molecule is CCCCN(Cc1cccnc1CN)C(C)CC. The molecular formula is C15H27N3. The van der Waals surface area contributed by atoms with E-state index in [2.05, 4.69) is 36.7 Å². The van der Waals surface area contributed by atoms with Crippen molar-refractivity contribution in [1.82, 2.24) is 9.88 Å². The third-order valence-corrected chi connectivity index (χ3v) is 3.56. The Labute approximate surface area is 111 Å². The fraction of sp³-hybridized carbons (Fsp3) is 0.667. The standard InChI is InChI=1S/C15H27N3/c1-4-6-10-18(13(3)5-2)12-14-8-7-9-17-15(14)11-16/h7-9,13H,4-6,10-12,16H2,1-3H3. The first kappa shape index (κ1) is 15.1. The van der Waals surface area contributed by atoms with Crippen LogP contribution in [0.2, 0.25) is 0 Å². The van der Waals surface area contributed by atoms with Gasteiger partial charge in [0, 0.05) is 25.3 Å². The Morgan fingerprint density at radius 2 is 2.17 bits per heavy atom. The minimum Gasteiger partial charge on any atom is -0.325 e. The van der Waals surface area contributed by atoms with Crippen LogP contribution < -0.4 is 5.73 Å². The molecule has 2 N–H and O–H groups in total. The Kier molecular flexibility index (Phi) is 6.91. The van der Waals surface area contributed by atoms with E-state index in [1.54, 1.807) is 0 Å². The summed E-state index contributed by atoms with van der Waals surface area (Å²) in [5, 5.41) is 0. The van der Waals surface area contributed by atoms with E-state index in [9.17, 15) is 0 Å². The van der Waals surface area contributed by atoms with Crippen LogP contribution in [0.3, 0.4) is 0 Å². The van der Waals surface area contributed by atoms with Gasteiger partial charge in [0.2, 0.25) is 0 Å². The zero-order valence-corrected chi connectivity index (χ0v) is 12.0. The maximum atomic E-state index is 5.75. The van der Waals surface area contributed by atoms with Crippen LogP contribution in [-0.4, -0.2) is 22.5 Å². The Morgan fingerprint density at radius 3 is 2.78 bits per heavy atom. The van der Waals surface area contributed by atoms with Crippen molar-refractivity contribution in [3.05, 3.63) is 29.6 Å². The first-order chi connectivity index (χ1) is 8.72. The van der Waals surface area contributed by atoms with Gasteiger partial charge in [0.25, 0.3) is 0 Å². The highest BCUT2D eigenvalue weighted by Gasteiger charge is 2.13.